The highest BCUT2D eigenvalue weighted by Gasteiger charge is 2.48. The Morgan fingerprint density at radius 3 is 1.34 bits per heavy atom. The molecule has 6 atom stereocenters. The summed E-state index contributed by atoms with van der Waals surface area (Å²) in [5.41, 5.74) is 3.80. The van der Waals surface area contributed by atoms with Crippen LogP contribution in [-0.4, -0.2) is 78.3 Å². The largest absolute Gasteiger partial charge is 0.322 e. The number of pyridine rings is 1. The van der Waals surface area contributed by atoms with Crippen molar-refractivity contribution in [1.82, 2.24) is 14.8 Å². The smallest absolute Gasteiger partial charge is 0.318 e. The maximum Gasteiger partial charge on any atom is 0.322 e. The van der Waals surface area contributed by atoms with Crippen molar-refractivity contribution in [3.63, 3.8) is 0 Å². The van der Waals surface area contributed by atoms with Crippen molar-refractivity contribution in [2.45, 2.75) is 125 Å². The second-order valence-corrected chi connectivity index (χ2v) is 19.3. The SMILES string of the molecule is C.C.Cc1ccc(NC(=O)N2C3CC[C@@H]2CC(S(=O)(=O)c2ccccc2)C3)cc1.Cc1ccc(NC(=O)N2C3CC[C@@H]2CC(S(=O)(=O)c2ccccn2)C3)cc1. The summed E-state index contributed by atoms with van der Waals surface area (Å²) in [5, 5.41) is 5.15. The van der Waals surface area contributed by atoms with E-state index in [-0.39, 0.29) is 56.1 Å². The summed E-state index contributed by atoms with van der Waals surface area (Å²) in [6, 6.07) is 28.6. The van der Waals surface area contributed by atoms with Gasteiger partial charge in [0.25, 0.3) is 0 Å². The molecule has 0 saturated carbocycles. The van der Waals surface area contributed by atoms with Gasteiger partial charge >= 0.3 is 12.1 Å². The number of aryl methyl sites for hydroxylation is 2. The highest BCUT2D eigenvalue weighted by Crippen LogP contribution is 2.41. The van der Waals surface area contributed by atoms with Crippen LogP contribution in [0.5, 0.6) is 0 Å². The lowest BCUT2D eigenvalue weighted by atomic mass is 10.0. The Labute approximate surface area is 332 Å². The number of nitrogens with one attached hydrogen (secondary N) is 2. The number of urea groups is 2. The van der Waals surface area contributed by atoms with Crippen molar-refractivity contribution < 1.29 is 26.4 Å². The number of fused-ring (bicyclic) bond motifs is 4. The average Bonchev–Trinajstić information content (AvgIpc) is 3.60. The molecule has 11 nitrogen and oxygen atoms in total. The fourth-order valence-electron chi connectivity index (χ4n) is 8.56. The van der Waals surface area contributed by atoms with Crippen LogP contribution in [0.3, 0.4) is 0 Å². The minimum atomic E-state index is -3.47. The summed E-state index contributed by atoms with van der Waals surface area (Å²) in [7, 11) is -6.83. The number of carbonyl (C=O) groups is 2. The highest BCUT2D eigenvalue weighted by atomic mass is 32.2. The van der Waals surface area contributed by atoms with Crippen molar-refractivity contribution in [3.05, 3.63) is 114 Å². The Bertz CT molecular complexity index is 1980. The molecule has 4 saturated heterocycles. The molecular formula is C43H55N5O6S2. The van der Waals surface area contributed by atoms with Crippen molar-refractivity contribution in [3.8, 4) is 0 Å². The van der Waals surface area contributed by atoms with Gasteiger partial charge in [-0.05, 0) is 114 Å². The Kier molecular flexibility index (Phi) is 13.3. The molecule has 0 aliphatic carbocycles. The third-order valence-electron chi connectivity index (χ3n) is 11.3. The summed E-state index contributed by atoms with van der Waals surface area (Å²) >= 11 is 0. The molecule has 0 spiro atoms. The Balaban J connectivity index is 0.000000207. The standard InChI is InChI=1S/C21H24N2O3S.C20H23N3O3S.2CH4/c1-15-7-9-16(10-8-15)22-21(24)23-17-11-12-18(23)14-20(13-17)27(25,26)19-5-3-2-4-6-19;1-14-5-7-15(8-6-14)22-20(24)23-16-9-10-17(23)13-18(12-16)27(25,26)19-4-2-3-11-21-19;;/h2-10,17-18,20H,11-14H2,1H3,(H,22,24);2-8,11,16-18H,9-10,12-13H2,1H3,(H,22,24);2*1H4/t17-,18?,20?;16-,17?,18?;;/m11../s1. The molecular weight excluding hydrogens is 747 g/mol. The quantitative estimate of drug-likeness (QED) is 0.199. The summed E-state index contributed by atoms with van der Waals surface area (Å²) < 4.78 is 51.8. The fourth-order valence-corrected chi connectivity index (χ4v) is 12.2. The number of carbonyl (C=O) groups excluding carboxylic acids is 2. The average molecular weight is 802 g/mol. The number of anilines is 2. The van der Waals surface area contributed by atoms with Crippen LogP contribution in [0.25, 0.3) is 0 Å². The van der Waals surface area contributed by atoms with Gasteiger partial charge in [0.05, 0.1) is 15.4 Å². The number of benzene rings is 3. The maximum absolute atomic E-state index is 13.0. The highest BCUT2D eigenvalue weighted by molar-refractivity contribution is 7.92. The number of nitrogens with zero attached hydrogens (tertiary/aromatic N) is 3. The van der Waals surface area contributed by atoms with Crippen molar-refractivity contribution in [2.75, 3.05) is 10.6 Å². The van der Waals surface area contributed by atoms with Gasteiger partial charge < -0.3 is 20.4 Å². The van der Waals surface area contributed by atoms with Crippen LogP contribution < -0.4 is 10.6 Å². The second-order valence-electron chi connectivity index (χ2n) is 14.9. The molecule has 1 aromatic heterocycles. The predicted octanol–water partition coefficient (Wildman–Crippen LogP) is 8.66. The molecule has 4 fully saturated rings. The maximum atomic E-state index is 13.0. The number of aromatic nitrogens is 1. The van der Waals surface area contributed by atoms with Crippen LogP contribution in [0, 0.1) is 13.8 Å². The van der Waals surface area contributed by atoms with E-state index in [4.69, 9.17) is 0 Å². The molecule has 4 aliphatic rings. The first-order chi connectivity index (χ1) is 25.9. The van der Waals surface area contributed by atoms with Gasteiger partial charge in [-0.15, -0.1) is 0 Å². The molecule has 4 amide bonds. The molecule has 4 aromatic rings. The van der Waals surface area contributed by atoms with Gasteiger partial charge in [0.1, 0.15) is 0 Å². The van der Waals surface area contributed by atoms with Gasteiger partial charge in [-0.3, -0.25) is 0 Å². The second kappa shape index (κ2) is 17.6. The normalized spacial score (nSPS) is 23.8. The molecule has 8 rings (SSSR count). The zero-order chi connectivity index (χ0) is 38.0. The molecule has 5 heterocycles. The van der Waals surface area contributed by atoms with Crippen LogP contribution in [0.1, 0.15) is 77.3 Å². The van der Waals surface area contributed by atoms with Gasteiger partial charge in [-0.1, -0.05) is 74.5 Å². The van der Waals surface area contributed by atoms with Crippen LogP contribution in [0.15, 0.2) is 113 Å². The van der Waals surface area contributed by atoms with E-state index in [2.05, 4.69) is 15.6 Å². The summed E-state index contributed by atoms with van der Waals surface area (Å²) in [6.45, 7) is 4.00. The van der Waals surface area contributed by atoms with Gasteiger partial charge in [0.15, 0.2) is 24.7 Å². The first kappa shape index (κ1) is 42.4. The van der Waals surface area contributed by atoms with Crippen LogP contribution >= 0.6 is 0 Å². The number of amides is 4. The summed E-state index contributed by atoms with van der Waals surface area (Å²) in [6.07, 6.45) is 6.89. The van der Waals surface area contributed by atoms with E-state index in [9.17, 15) is 26.4 Å². The predicted molar refractivity (Wildman–Crippen MR) is 222 cm³/mol. The third-order valence-corrected chi connectivity index (χ3v) is 15.6. The molecule has 13 heteroatoms. The molecule has 4 bridgehead atoms. The van der Waals surface area contributed by atoms with Crippen LogP contribution in [-0.2, 0) is 19.7 Å². The number of piperidine rings is 2. The molecule has 4 unspecified atom stereocenters. The summed E-state index contributed by atoms with van der Waals surface area (Å²) in [4.78, 5) is 33.7. The van der Waals surface area contributed by atoms with Gasteiger partial charge in [-0.2, -0.15) is 0 Å². The Morgan fingerprint density at radius 2 is 0.946 bits per heavy atom. The lowest BCUT2D eigenvalue weighted by Crippen LogP contribution is -2.51. The first-order valence-electron chi connectivity index (χ1n) is 18.7. The van der Waals surface area contributed by atoms with E-state index in [1.807, 2.05) is 78.2 Å². The molecule has 3 aromatic carbocycles. The lowest BCUT2D eigenvalue weighted by Gasteiger charge is -2.38. The van der Waals surface area contributed by atoms with Gasteiger partial charge in [0, 0.05) is 41.7 Å². The van der Waals surface area contributed by atoms with E-state index in [1.165, 1.54) is 6.20 Å². The van der Waals surface area contributed by atoms with Crippen molar-refractivity contribution in [1.29, 1.82) is 0 Å². The zero-order valence-electron chi connectivity index (χ0n) is 30.5. The third kappa shape index (κ3) is 8.94. The van der Waals surface area contributed by atoms with E-state index < -0.39 is 30.2 Å². The Hall–Kier alpha value is -4.75. The van der Waals surface area contributed by atoms with Gasteiger partial charge in [0.2, 0.25) is 0 Å². The molecule has 300 valence electrons. The number of hydrogen-bond acceptors (Lipinski definition) is 7. The molecule has 56 heavy (non-hydrogen) atoms. The van der Waals surface area contributed by atoms with Crippen LogP contribution in [0.2, 0.25) is 0 Å². The number of sulfone groups is 2. The van der Waals surface area contributed by atoms with Crippen molar-refractivity contribution in [2.24, 2.45) is 0 Å². The lowest BCUT2D eigenvalue weighted by molar-refractivity contribution is 0.159. The van der Waals surface area contributed by atoms with E-state index in [0.717, 1.165) is 48.2 Å². The van der Waals surface area contributed by atoms with E-state index >= 15 is 0 Å². The number of hydrogen-bond donors (Lipinski definition) is 2. The monoisotopic (exact) mass is 801 g/mol. The van der Waals surface area contributed by atoms with E-state index in [0.29, 0.717) is 30.6 Å². The van der Waals surface area contributed by atoms with Gasteiger partial charge in [-0.25, -0.2) is 31.4 Å². The fraction of sp³-hybridized carbons (Fsp3) is 0.419. The summed E-state index contributed by atoms with van der Waals surface area (Å²) in [5.74, 6) is 0. The minimum Gasteiger partial charge on any atom is -0.318 e. The molecule has 4 aliphatic heterocycles. The molecule has 0 radical (unpaired) electrons. The van der Waals surface area contributed by atoms with Crippen molar-refractivity contribution >= 4 is 43.1 Å². The van der Waals surface area contributed by atoms with Crippen LogP contribution in [0.4, 0.5) is 21.0 Å². The molecule has 2 N–H and O–H groups in total. The Morgan fingerprint density at radius 1 is 0.554 bits per heavy atom. The topological polar surface area (TPSA) is 146 Å². The van der Waals surface area contributed by atoms with E-state index in [1.54, 1.807) is 42.5 Å². The number of rotatable bonds is 6. The minimum absolute atomic E-state index is 0. The first-order valence-corrected chi connectivity index (χ1v) is 21.8. The zero-order valence-corrected chi connectivity index (χ0v) is 32.2.